The number of hydrogen-bond donors (Lipinski definition) is 1. The highest BCUT2D eigenvalue weighted by molar-refractivity contribution is 6.71. The molecule has 0 bridgehead atoms. The Bertz CT molecular complexity index is 142. The number of hydrogen-bond acceptors (Lipinski definition) is 3. The molecule has 0 aliphatic rings. The molecule has 0 saturated heterocycles. The maximum absolute atomic E-state index is 11.1. The Morgan fingerprint density at radius 1 is 1.55 bits per heavy atom. The zero-order chi connectivity index (χ0) is 9.07. The molecule has 0 aliphatic carbocycles. The van der Waals surface area contributed by atoms with Gasteiger partial charge >= 0.3 is 5.97 Å². The van der Waals surface area contributed by atoms with Crippen molar-refractivity contribution >= 4 is 14.3 Å². The lowest BCUT2D eigenvalue weighted by Gasteiger charge is -2.19. The van der Waals surface area contributed by atoms with Gasteiger partial charge in [-0.1, -0.05) is 6.92 Å². The van der Waals surface area contributed by atoms with Crippen LogP contribution in [0, 0.1) is 0 Å². The lowest BCUT2D eigenvalue weighted by atomic mass is 10.2. The van der Waals surface area contributed by atoms with Crippen LogP contribution in [0.25, 0.3) is 0 Å². The summed E-state index contributed by atoms with van der Waals surface area (Å²) in [4.78, 5) is 11.1. The summed E-state index contributed by atoms with van der Waals surface area (Å²) in [5.74, 6) is -0.258. The zero-order valence-electron chi connectivity index (χ0n) is 7.68. The fourth-order valence-electron chi connectivity index (χ4n) is 0.544. The molecule has 0 aromatic heterocycles. The molecule has 2 N–H and O–H groups in total. The van der Waals surface area contributed by atoms with Gasteiger partial charge in [-0.25, -0.2) is 0 Å². The first kappa shape index (κ1) is 10.6. The van der Waals surface area contributed by atoms with Gasteiger partial charge in [0.25, 0.3) is 0 Å². The van der Waals surface area contributed by atoms with Crippen LogP contribution in [0.2, 0.25) is 19.6 Å². The van der Waals surface area contributed by atoms with E-state index in [1.807, 2.05) is 26.6 Å². The summed E-state index contributed by atoms with van der Waals surface area (Å²) in [6, 6.07) is -0.443. The Kier molecular flexibility index (Phi) is 3.75. The molecule has 1 unspecified atom stereocenters. The second-order valence-electron chi connectivity index (χ2n) is 3.55. The van der Waals surface area contributed by atoms with Crippen LogP contribution in [0.1, 0.15) is 13.3 Å². The van der Waals surface area contributed by atoms with Crippen LogP contribution in [0.5, 0.6) is 0 Å². The monoisotopic (exact) mass is 175 g/mol. The van der Waals surface area contributed by atoms with E-state index in [0.717, 1.165) is 0 Å². The minimum atomic E-state index is -1.73. The van der Waals surface area contributed by atoms with Crippen LogP contribution in [0.4, 0.5) is 0 Å². The number of nitrogens with two attached hydrogens (primary N) is 1. The van der Waals surface area contributed by atoms with Crippen molar-refractivity contribution < 1.29 is 9.22 Å². The van der Waals surface area contributed by atoms with Gasteiger partial charge in [0.05, 0.1) is 0 Å². The van der Waals surface area contributed by atoms with E-state index in [9.17, 15) is 4.79 Å². The van der Waals surface area contributed by atoms with Crippen molar-refractivity contribution in [2.45, 2.75) is 39.0 Å². The van der Waals surface area contributed by atoms with Gasteiger partial charge in [-0.3, -0.25) is 4.79 Å². The van der Waals surface area contributed by atoms with Gasteiger partial charge in [-0.15, -0.1) is 0 Å². The minimum Gasteiger partial charge on any atom is -0.519 e. The summed E-state index contributed by atoms with van der Waals surface area (Å²) in [6.45, 7) is 7.77. The van der Waals surface area contributed by atoms with E-state index in [-0.39, 0.29) is 5.97 Å². The fourth-order valence-corrected chi connectivity index (χ4v) is 1.30. The van der Waals surface area contributed by atoms with Gasteiger partial charge in [0.1, 0.15) is 6.04 Å². The molecule has 3 nitrogen and oxygen atoms in total. The maximum atomic E-state index is 11.1. The molecule has 66 valence electrons. The maximum Gasteiger partial charge on any atom is 0.309 e. The Morgan fingerprint density at radius 3 is 2.27 bits per heavy atom. The quantitative estimate of drug-likeness (QED) is 0.654. The SMILES string of the molecule is CCC(N)C(=O)O[Si](C)(C)C. The molecular weight excluding hydrogens is 158 g/mol. The Labute approximate surface area is 69.0 Å². The molecule has 0 aromatic rings. The first-order valence-corrected chi connectivity index (χ1v) is 7.26. The number of rotatable bonds is 3. The molecule has 1 atom stereocenters. The standard InChI is InChI=1S/C7H17NO2Si/c1-5-6(8)7(9)10-11(2,3)4/h6H,5,8H2,1-4H3. The minimum absolute atomic E-state index is 0.258. The first-order valence-electron chi connectivity index (χ1n) is 3.85. The lowest BCUT2D eigenvalue weighted by molar-refractivity contribution is -0.136. The predicted molar refractivity (Wildman–Crippen MR) is 47.7 cm³/mol. The lowest BCUT2D eigenvalue weighted by Crippen LogP contribution is -2.39. The van der Waals surface area contributed by atoms with Crippen molar-refractivity contribution in [3.05, 3.63) is 0 Å². The van der Waals surface area contributed by atoms with Gasteiger partial charge in [-0.05, 0) is 26.1 Å². The van der Waals surface area contributed by atoms with E-state index >= 15 is 0 Å². The smallest absolute Gasteiger partial charge is 0.309 e. The van der Waals surface area contributed by atoms with Crippen molar-refractivity contribution in [2.75, 3.05) is 0 Å². The molecule has 0 fully saturated rings. The third-order valence-electron chi connectivity index (χ3n) is 1.15. The topological polar surface area (TPSA) is 52.3 Å². The third kappa shape index (κ3) is 4.98. The fraction of sp³-hybridized carbons (Fsp3) is 0.857. The van der Waals surface area contributed by atoms with Crippen LogP contribution in [-0.4, -0.2) is 20.3 Å². The zero-order valence-corrected chi connectivity index (χ0v) is 8.68. The van der Waals surface area contributed by atoms with E-state index in [0.29, 0.717) is 6.42 Å². The molecule has 0 aliphatic heterocycles. The molecule has 4 heteroatoms. The number of carbonyl (C=O) groups is 1. The summed E-state index contributed by atoms with van der Waals surface area (Å²) >= 11 is 0. The van der Waals surface area contributed by atoms with Gasteiger partial charge in [0.2, 0.25) is 8.32 Å². The van der Waals surface area contributed by atoms with Crippen LogP contribution >= 0.6 is 0 Å². The summed E-state index contributed by atoms with van der Waals surface area (Å²) in [7, 11) is -1.73. The van der Waals surface area contributed by atoms with E-state index in [4.69, 9.17) is 10.2 Å². The van der Waals surface area contributed by atoms with Crippen molar-refractivity contribution in [3.63, 3.8) is 0 Å². The average molecular weight is 175 g/mol. The van der Waals surface area contributed by atoms with Crippen LogP contribution in [0.3, 0.4) is 0 Å². The Balaban J connectivity index is 3.88. The van der Waals surface area contributed by atoms with E-state index in [2.05, 4.69) is 0 Å². The van der Waals surface area contributed by atoms with Crippen LogP contribution in [-0.2, 0) is 9.22 Å². The first-order chi connectivity index (χ1) is 4.87. The van der Waals surface area contributed by atoms with Gasteiger partial charge < -0.3 is 10.2 Å². The summed E-state index contributed by atoms with van der Waals surface area (Å²) < 4.78 is 5.17. The second kappa shape index (κ2) is 3.87. The third-order valence-corrected chi connectivity index (χ3v) is 1.96. The molecule has 0 saturated carbocycles. The molecule has 0 rings (SSSR count). The van der Waals surface area contributed by atoms with Crippen LogP contribution in [0.15, 0.2) is 0 Å². The van der Waals surface area contributed by atoms with E-state index < -0.39 is 14.4 Å². The van der Waals surface area contributed by atoms with Gasteiger partial charge in [0.15, 0.2) is 0 Å². The van der Waals surface area contributed by atoms with Crippen molar-refractivity contribution in [1.82, 2.24) is 0 Å². The highest BCUT2D eigenvalue weighted by atomic mass is 28.4. The van der Waals surface area contributed by atoms with Crippen molar-refractivity contribution in [1.29, 1.82) is 0 Å². The molecule has 11 heavy (non-hydrogen) atoms. The molecule has 0 amide bonds. The van der Waals surface area contributed by atoms with E-state index in [1.54, 1.807) is 0 Å². The normalized spacial score (nSPS) is 14.3. The van der Waals surface area contributed by atoms with Crippen LogP contribution < -0.4 is 5.73 Å². The molecule has 0 spiro atoms. The average Bonchev–Trinajstić information content (AvgIpc) is 1.82. The van der Waals surface area contributed by atoms with E-state index in [1.165, 1.54) is 0 Å². The van der Waals surface area contributed by atoms with Crippen molar-refractivity contribution in [2.24, 2.45) is 5.73 Å². The molecular formula is C7H17NO2Si. The Morgan fingerprint density at radius 2 is 2.00 bits per heavy atom. The summed E-state index contributed by atoms with van der Waals surface area (Å²) in [6.07, 6.45) is 0.642. The highest BCUT2D eigenvalue weighted by Gasteiger charge is 2.22. The predicted octanol–water partition coefficient (Wildman–Crippen LogP) is 1.10. The second-order valence-corrected chi connectivity index (χ2v) is 7.98. The van der Waals surface area contributed by atoms with Gasteiger partial charge in [-0.2, -0.15) is 0 Å². The molecule has 0 aromatic carbocycles. The summed E-state index contributed by atoms with van der Waals surface area (Å²) in [5, 5.41) is 0. The highest BCUT2D eigenvalue weighted by Crippen LogP contribution is 2.04. The summed E-state index contributed by atoms with van der Waals surface area (Å²) in [5.41, 5.74) is 5.47. The Hall–Kier alpha value is -0.353. The largest absolute Gasteiger partial charge is 0.519 e. The molecule has 0 heterocycles. The van der Waals surface area contributed by atoms with Crippen molar-refractivity contribution in [3.8, 4) is 0 Å². The molecule has 0 radical (unpaired) electrons. The van der Waals surface area contributed by atoms with Gasteiger partial charge in [0, 0.05) is 0 Å². The number of carbonyl (C=O) groups excluding carboxylic acids is 1.